The highest BCUT2D eigenvalue weighted by Gasteiger charge is 2.33. The number of ether oxygens (including phenoxy) is 1. The lowest BCUT2D eigenvalue weighted by Crippen LogP contribution is -2.27. The molecule has 0 atom stereocenters. The van der Waals surface area contributed by atoms with Crippen LogP contribution in [0, 0.1) is 12.7 Å². The SMILES string of the molecule is Cc1ccccc1COc1ccc(/C=C2\SC(=S)N(c3ccc(F)cc3)C2=O)cc1. The molecule has 0 saturated carbocycles. The van der Waals surface area contributed by atoms with Crippen LogP contribution in [0.25, 0.3) is 6.08 Å². The Bertz CT molecular complexity index is 1120. The molecule has 3 aromatic carbocycles. The molecule has 1 fully saturated rings. The molecule has 1 amide bonds. The molecule has 0 unspecified atom stereocenters. The van der Waals surface area contributed by atoms with Crippen molar-refractivity contribution >= 4 is 46.0 Å². The molecular formula is C24H18FNO2S2. The van der Waals surface area contributed by atoms with E-state index in [4.69, 9.17) is 17.0 Å². The molecule has 0 aromatic heterocycles. The highest BCUT2D eigenvalue weighted by molar-refractivity contribution is 8.27. The number of hydrogen-bond acceptors (Lipinski definition) is 4. The zero-order valence-corrected chi connectivity index (χ0v) is 17.8. The van der Waals surface area contributed by atoms with Gasteiger partial charge < -0.3 is 4.74 Å². The van der Waals surface area contributed by atoms with Gasteiger partial charge in [-0.1, -0.05) is 60.4 Å². The summed E-state index contributed by atoms with van der Waals surface area (Å²) in [7, 11) is 0. The maximum Gasteiger partial charge on any atom is 0.270 e. The van der Waals surface area contributed by atoms with Crippen molar-refractivity contribution in [3.8, 4) is 5.75 Å². The summed E-state index contributed by atoms with van der Waals surface area (Å²) in [6.45, 7) is 2.56. The molecule has 1 heterocycles. The summed E-state index contributed by atoms with van der Waals surface area (Å²) in [6, 6.07) is 21.4. The van der Waals surface area contributed by atoms with Gasteiger partial charge in [0.2, 0.25) is 0 Å². The van der Waals surface area contributed by atoms with E-state index < -0.39 is 0 Å². The minimum atomic E-state index is -0.357. The monoisotopic (exact) mass is 435 g/mol. The van der Waals surface area contributed by atoms with Crippen molar-refractivity contribution in [2.45, 2.75) is 13.5 Å². The molecule has 0 bridgehead atoms. The van der Waals surface area contributed by atoms with Crippen LogP contribution >= 0.6 is 24.0 Å². The van der Waals surface area contributed by atoms with E-state index in [2.05, 4.69) is 13.0 Å². The first kappa shape index (κ1) is 20.3. The van der Waals surface area contributed by atoms with Crippen LogP contribution in [0.1, 0.15) is 16.7 Å². The quantitative estimate of drug-likeness (QED) is 0.357. The van der Waals surface area contributed by atoms with Gasteiger partial charge in [-0.2, -0.15) is 0 Å². The number of thioether (sulfide) groups is 1. The fourth-order valence-corrected chi connectivity index (χ4v) is 4.32. The Labute approximate surface area is 184 Å². The van der Waals surface area contributed by atoms with E-state index in [-0.39, 0.29) is 11.7 Å². The fraction of sp³-hybridized carbons (Fsp3) is 0.0833. The third-order valence-corrected chi connectivity index (χ3v) is 6.01. The van der Waals surface area contributed by atoms with E-state index in [0.29, 0.717) is 21.5 Å². The molecule has 30 heavy (non-hydrogen) atoms. The normalized spacial score (nSPS) is 15.1. The van der Waals surface area contributed by atoms with Gasteiger partial charge in [0.1, 0.15) is 18.2 Å². The average molecular weight is 436 g/mol. The van der Waals surface area contributed by atoms with Crippen molar-refractivity contribution in [3.05, 3.63) is 100 Å². The number of thiocarbonyl (C=S) groups is 1. The molecule has 3 aromatic rings. The number of amides is 1. The second kappa shape index (κ2) is 8.81. The molecule has 1 saturated heterocycles. The van der Waals surface area contributed by atoms with Crippen molar-refractivity contribution in [1.82, 2.24) is 0 Å². The van der Waals surface area contributed by atoms with Crippen molar-refractivity contribution in [1.29, 1.82) is 0 Å². The Hall–Kier alpha value is -2.96. The maximum absolute atomic E-state index is 13.2. The van der Waals surface area contributed by atoms with Crippen LogP contribution in [0.4, 0.5) is 10.1 Å². The Morgan fingerprint density at radius 3 is 2.43 bits per heavy atom. The number of rotatable bonds is 5. The topological polar surface area (TPSA) is 29.5 Å². The van der Waals surface area contributed by atoms with Crippen LogP contribution in [0.2, 0.25) is 0 Å². The van der Waals surface area contributed by atoms with Crippen LogP contribution in [-0.2, 0) is 11.4 Å². The maximum atomic E-state index is 13.2. The van der Waals surface area contributed by atoms with E-state index >= 15 is 0 Å². The number of carbonyl (C=O) groups excluding carboxylic acids is 1. The van der Waals surface area contributed by atoms with Crippen molar-refractivity contribution in [2.75, 3.05) is 4.90 Å². The lowest BCUT2D eigenvalue weighted by molar-refractivity contribution is -0.113. The second-order valence-electron chi connectivity index (χ2n) is 6.78. The lowest BCUT2D eigenvalue weighted by atomic mass is 10.1. The molecule has 0 spiro atoms. The highest BCUT2D eigenvalue weighted by atomic mass is 32.2. The van der Waals surface area contributed by atoms with Gasteiger partial charge in [0.05, 0.1) is 10.6 Å². The van der Waals surface area contributed by atoms with Crippen molar-refractivity contribution in [2.24, 2.45) is 0 Å². The Morgan fingerprint density at radius 1 is 1.03 bits per heavy atom. The highest BCUT2D eigenvalue weighted by Crippen LogP contribution is 2.36. The summed E-state index contributed by atoms with van der Waals surface area (Å²) in [5.41, 5.74) is 3.77. The average Bonchev–Trinajstić information content (AvgIpc) is 3.02. The van der Waals surface area contributed by atoms with Gasteiger partial charge in [-0.15, -0.1) is 0 Å². The van der Waals surface area contributed by atoms with E-state index in [1.54, 1.807) is 18.2 Å². The first-order valence-corrected chi connectivity index (χ1v) is 10.5. The number of carbonyl (C=O) groups is 1. The molecule has 0 aliphatic carbocycles. The Balaban J connectivity index is 1.46. The first-order chi connectivity index (χ1) is 14.5. The molecule has 4 rings (SSSR count). The number of aryl methyl sites for hydroxylation is 1. The predicted molar refractivity (Wildman–Crippen MR) is 124 cm³/mol. The molecule has 1 aliphatic rings. The minimum Gasteiger partial charge on any atom is -0.489 e. The zero-order chi connectivity index (χ0) is 21.1. The lowest BCUT2D eigenvalue weighted by Gasteiger charge is -2.14. The Kier molecular flexibility index (Phi) is 5.97. The van der Waals surface area contributed by atoms with Crippen molar-refractivity contribution in [3.63, 3.8) is 0 Å². The van der Waals surface area contributed by atoms with Crippen LogP contribution in [0.5, 0.6) is 5.75 Å². The number of anilines is 1. The van der Waals surface area contributed by atoms with Crippen LogP contribution < -0.4 is 9.64 Å². The molecular weight excluding hydrogens is 417 g/mol. The van der Waals surface area contributed by atoms with E-state index in [9.17, 15) is 9.18 Å². The third-order valence-electron chi connectivity index (χ3n) is 4.71. The summed E-state index contributed by atoms with van der Waals surface area (Å²) < 4.78 is 19.5. The number of hydrogen-bond donors (Lipinski definition) is 0. The van der Waals surface area contributed by atoms with E-state index in [1.807, 2.05) is 42.5 Å². The largest absolute Gasteiger partial charge is 0.489 e. The van der Waals surface area contributed by atoms with Crippen LogP contribution in [0.3, 0.4) is 0 Å². The van der Waals surface area contributed by atoms with Crippen molar-refractivity contribution < 1.29 is 13.9 Å². The van der Waals surface area contributed by atoms with E-state index in [1.165, 1.54) is 34.4 Å². The zero-order valence-electron chi connectivity index (χ0n) is 16.2. The number of halogens is 1. The molecule has 1 aliphatic heterocycles. The van der Waals surface area contributed by atoms with Gasteiger partial charge in [0, 0.05) is 0 Å². The smallest absolute Gasteiger partial charge is 0.270 e. The van der Waals surface area contributed by atoms with Gasteiger partial charge in [0.15, 0.2) is 4.32 Å². The third kappa shape index (κ3) is 4.45. The molecule has 6 heteroatoms. The summed E-state index contributed by atoms with van der Waals surface area (Å²) >= 11 is 6.58. The minimum absolute atomic E-state index is 0.212. The second-order valence-corrected chi connectivity index (χ2v) is 8.45. The summed E-state index contributed by atoms with van der Waals surface area (Å²) in [5.74, 6) is 0.190. The Morgan fingerprint density at radius 2 is 1.73 bits per heavy atom. The molecule has 150 valence electrons. The summed E-state index contributed by atoms with van der Waals surface area (Å²) in [6.07, 6.45) is 1.80. The van der Waals surface area contributed by atoms with Gasteiger partial charge in [-0.25, -0.2) is 4.39 Å². The number of nitrogens with zero attached hydrogens (tertiary/aromatic N) is 1. The molecule has 3 nitrogen and oxygen atoms in total. The number of benzene rings is 3. The fourth-order valence-electron chi connectivity index (χ4n) is 3.03. The standard InChI is InChI=1S/C24H18FNO2S2/c1-16-4-2-3-5-18(16)15-28-21-12-6-17(7-13-21)14-22-23(27)26(24(29)30-22)20-10-8-19(25)9-11-20/h2-14H,15H2,1H3/b22-14-. The first-order valence-electron chi connectivity index (χ1n) is 9.32. The summed E-state index contributed by atoms with van der Waals surface area (Å²) in [4.78, 5) is 14.7. The van der Waals surface area contributed by atoms with Gasteiger partial charge in [-0.05, 0) is 66.1 Å². The van der Waals surface area contributed by atoms with Gasteiger partial charge >= 0.3 is 0 Å². The van der Waals surface area contributed by atoms with E-state index in [0.717, 1.165) is 16.9 Å². The molecule has 0 N–H and O–H groups in total. The van der Waals surface area contributed by atoms with Crippen LogP contribution in [-0.4, -0.2) is 10.2 Å². The summed E-state index contributed by atoms with van der Waals surface area (Å²) in [5, 5.41) is 0. The van der Waals surface area contributed by atoms with Gasteiger partial charge in [-0.3, -0.25) is 9.69 Å². The molecule has 0 radical (unpaired) electrons. The van der Waals surface area contributed by atoms with Crippen LogP contribution in [0.15, 0.2) is 77.7 Å². The predicted octanol–water partition coefficient (Wildman–Crippen LogP) is 6.12. The van der Waals surface area contributed by atoms with Gasteiger partial charge in [0.25, 0.3) is 5.91 Å².